The van der Waals surface area contributed by atoms with E-state index < -0.39 is 0 Å². The Balaban J connectivity index is 0.00000161. The van der Waals surface area contributed by atoms with Crippen LogP contribution in [0.15, 0.2) is 18.2 Å². The summed E-state index contributed by atoms with van der Waals surface area (Å²) in [7, 11) is 0. The quantitative estimate of drug-likeness (QED) is 0.923. The molecule has 2 heterocycles. The van der Waals surface area contributed by atoms with Crippen molar-refractivity contribution in [1.82, 2.24) is 4.90 Å². The van der Waals surface area contributed by atoms with Gasteiger partial charge >= 0.3 is 0 Å². The molecule has 0 bridgehead atoms. The van der Waals surface area contributed by atoms with Crippen molar-refractivity contribution in [3.05, 3.63) is 23.8 Å². The molecular weight excluding hydrogens is 292 g/mol. The van der Waals surface area contributed by atoms with Crippen molar-refractivity contribution in [2.24, 2.45) is 5.73 Å². The van der Waals surface area contributed by atoms with E-state index in [9.17, 15) is 4.79 Å². The Bertz CT molecular complexity index is 510. The van der Waals surface area contributed by atoms with Crippen LogP contribution in [0.3, 0.4) is 0 Å². The Labute approximate surface area is 130 Å². The molecule has 2 N–H and O–H groups in total. The zero-order valence-electron chi connectivity index (χ0n) is 11.9. The number of piperidine rings is 1. The number of halogens is 1. The van der Waals surface area contributed by atoms with E-state index in [0.717, 1.165) is 42.9 Å². The highest BCUT2D eigenvalue weighted by Crippen LogP contribution is 2.32. The number of benzene rings is 1. The maximum Gasteiger partial charge on any atom is 0.231 e. The molecule has 1 saturated heterocycles. The number of amides is 1. The highest BCUT2D eigenvalue weighted by atomic mass is 35.5. The SMILES string of the molecule is Cl.NCC1CCCCN1C(=O)Cc1ccc2c(c1)OCO2. The fourth-order valence-corrected chi connectivity index (χ4v) is 2.90. The lowest BCUT2D eigenvalue weighted by molar-refractivity contribution is -0.133. The van der Waals surface area contributed by atoms with Gasteiger partial charge in [-0.15, -0.1) is 12.4 Å². The van der Waals surface area contributed by atoms with Gasteiger partial charge in [0.05, 0.1) is 6.42 Å². The summed E-state index contributed by atoms with van der Waals surface area (Å²) in [6, 6.07) is 5.88. The number of hydrogen-bond donors (Lipinski definition) is 1. The van der Waals surface area contributed by atoms with Crippen molar-refractivity contribution in [2.45, 2.75) is 31.7 Å². The average molecular weight is 313 g/mol. The van der Waals surface area contributed by atoms with E-state index in [0.29, 0.717) is 13.0 Å². The third kappa shape index (κ3) is 3.41. The minimum Gasteiger partial charge on any atom is -0.454 e. The Morgan fingerprint density at radius 1 is 1.29 bits per heavy atom. The first-order valence-corrected chi connectivity index (χ1v) is 7.16. The van der Waals surface area contributed by atoms with Crippen LogP contribution in [0.5, 0.6) is 11.5 Å². The monoisotopic (exact) mass is 312 g/mol. The fraction of sp³-hybridized carbons (Fsp3) is 0.533. The number of rotatable bonds is 3. The first-order valence-electron chi connectivity index (χ1n) is 7.16. The number of fused-ring (bicyclic) bond motifs is 1. The second kappa shape index (κ2) is 7.00. The topological polar surface area (TPSA) is 64.8 Å². The minimum atomic E-state index is 0. The van der Waals surface area contributed by atoms with Crippen molar-refractivity contribution >= 4 is 18.3 Å². The molecule has 0 aliphatic carbocycles. The maximum absolute atomic E-state index is 12.4. The summed E-state index contributed by atoms with van der Waals surface area (Å²) in [5, 5.41) is 0. The Kier molecular flexibility index (Phi) is 5.31. The Morgan fingerprint density at radius 3 is 2.90 bits per heavy atom. The summed E-state index contributed by atoms with van der Waals surface area (Å²) < 4.78 is 10.6. The molecule has 1 aromatic carbocycles. The van der Waals surface area contributed by atoms with Crippen molar-refractivity contribution < 1.29 is 14.3 Å². The molecule has 2 aliphatic rings. The summed E-state index contributed by atoms with van der Waals surface area (Å²) in [5.41, 5.74) is 6.73. The first kappa shape index (κ1) is 15.9. The highest BCUT2D eigenvalue weighted by molar-refractivity contribution is 5.85. The van der Waals surface area contributed by atoms with E-state index >= 15 is 0 Å². The van der Waals surface area contributed by atoms with Gasteiger partial charge in [-0.2, -0.15) is 0 Å². The smallest absolute Gasteiger partial charge is 0.231 e. The summed E-state index contributed by atoms with van der Waals surface area (Å²) >= 11 is 0. The third-order valence-electron chi connectivity index (χ3n) is 4.01. The molecule has 116 valence electrons. The van der Waals surface area contributed by atoms with Crippen LogP contribution in [0.2, 0.25) is 0 Å². The third-order valence-corrected chi connectivity index (χ3v) is 4.01. The number of hydrogen-bond acceptors (Lipinski definition) is 4. The number of nitrogens with zero attached hydrogens (tertiary/aromatic N) is 1. The molecule has 0 spiro atoms. The molecule has 1 atom stereocenters. The van der Waals surface area contributed by atoms with Gasteiger partial charge in [0.25, 0.3) is 0 Å². The van der Waals surface area contributed by atoms with Gasteiger partial charge in [0.2, 0.25) is 12.7 Å². The van der Waals surface area contributed by atoms with Crippen LogP contribution in [-0.4, -0.2) is 36.7 Å². The van der Waals surface area contributed by atoms with Gasteiger partial charge in [-0.1, -0.05) is 6.07 Å². The Hall–Kier alpha value is -1.46. The molecule has 3 rings (SSSR count). The van der Waals surface area contributed by atoms with E-state index in [-0.39, 0.29) is 31.1 Å². The normalized spacial score (nSPS) is 20.0. The molecule has 21 heavy (non-hydrogen) atoms. The molecular formula is C15H21ClN2O3. The van der Waals surface area contributed by atoms with Crippen LogP contribution < -0.4 is 15.2 Å². The number of carbonyl (C=O) groups excluding carboxylic acids is 1. The number of likely N-dealkylation sites (tertiary alicyclic amines) is 1. The summed E-state index contributed by atoms with van der Waals surface area (Å²) in [4.78, 5) is 14.4. The second-order valence-corrected chi connectivity index (χ2v) is 5.34. The van der Waals surface area contributed by atoms with Gasteiger partial charge < -0.3 is 20.1 Å². The zero-order chi connectivity index (χ0) is 13.9. The second-order valence-electron chi connectivity index (χ2n) is 5.34. The fourth-order valence-electron chi connectivity index (χ4n) is 2.90. The van der Waals surface area contributed by atoms with Gasteiger partial charge in [-0.05, 0) is 37.0 Å². The summed E-state index contributed by atoms with van der Waals surface area (Å²) in [5.74, 6) is 1.63. The van der Waals surface area contributed by atoms with Gasteiger partial charge in [0, 0.05) is 19.1 Å². The van der Waals surface area contributed by atoms with E-state index in [1.54, 1.807) is 0 Å². The van der Waals surface area contributed by atoms with Gasteiger partial charge in [-0.25, -0.2) is 0 Å². The van der Waals surface area contributed by atoms with E-state index in [1.165, 1.54) is 0 Å². The zero-order valence-corrected chi connectivity index (χ0v) is 12.7. The molecule has 0 aromatic heterocycles. The van der Waals surface area contributed by atoms with E-state index in [4.69, 9.17) is 15.2 Å². The lowest BCUT2D eigenvalue weighted by Gasteiger charge is -2.35. The molecule has 1 unspecified atom stereocenters. The molecule has 5 nitrogen and oxygen atoms in total. The lowest BCUT2D eigenvalue weighted by Crippen LogP contribution is -2.48. The van der Waals surface area contributed by atoms with Crippen molar-refractivity contribution in [3.63, 3.8) is 0 Å². The molecule has 6 heteroatoms. The summed E-state index contributed by atoms with van der Waals surface area (Å²) in [6.45, 7) is 1.63. The number of ether oxygens (including phenoxy) is 2. The van der Waals surface area contributed by atoms with Crippen LogP contribution in [0, 0.1) is 0 Å². The predicted octanol–water partition coefficient (Wildman–Crippen LogP) is 1.72. The molecule has 0 radical (unpaired) electrons. The maximum atomic E-state index is 12.4. The van der Waals surface area contributed by atoms with E-state index in [2.05, 4.69) is 0 Å². The molecule has 0 saturated carbocycles. The van der Waals surface area contributed by atoms with Crippen molar-refractivity contribution in [1.29, 1.82) is 0 Å². The Morgan fingerprint density at radius 2 is 2.10 bits per heavy atom. The predicted molar refractivity (Wildman–Crippen MR) is 81.9 cm³/mol. The lowest BCUT2D eigenvalue weighted by atomic mass is 10.0. The molecule has 2 aliphatic heterocycles. The summed E-state index contributed by atoms with van der Waals surface area (Å²) in [6.07, 6.45) is 3.65. The van der Waals surface area contributed by atoms with Crippen LogP contribution in [-0.2, 0) is 11.2 Å². The van der Waals surface area contributed by atoms with Crippen LogP contribution in [0.1, 0.15) is 24.8 Å². The van der Waals surface area contributed by atoms with Gasteiger partial charge in [0.15, 0.2) is 11.5 Å². The largest absolute Gasteiger partial charge is 0.454 e. The first-order chi connectivity index (χ1) is 9.78. The molecule has 1 aromatic rings. The number of nitrogens with two attached hydrogens (primary N) is 1. The van der Waals surface area contributed by atoms with Crippen LogP contribution >= 0.6 is 12.4 Å². The van der Waals surface area contributed by atoms with Crippen molar-refractivity contribution in [2.75, 3.05) is 19.9 Å². The van der Waals surface area contributed by atoms with Crippen LogP contribution in [0.25, 0.3) is 0 Å². The van der Waals surface area contributed by atoms with Gasteiger partial charge in [0.1, 0.15) is 0 Å². The van der Waals surface area contributed by atoms with Gasteiger partial charge in [-0.3, -0.25) is 4.79 Å². The van der Waals surface area contributed by atoms with E-state index in [1.807, 2.05) is 23.1 Å². The molecule has 1 amide bonds. The van der Waals surface area contributed by atoms with Crippen molar-refractivity contribution in [3.8, 4) is 11.5 Å². The average Bonchev–Trinajstić information content (AvgIpc) is 2.94. The standard InChI is InChI=1S/C15H20N2O3.ClH/c16-9-12-3-1-2-6-17(12)15(18)8-11-4-5-13-14(7-11)20-10-19-13;/h4-5,7,12H,1-3,6,8-10,16H2;1H. The molecule has 1 fully saturated rings. The van der Waals surface area contributed by atoms with Crippen LogP contribution in [0.4, 0.5) is 0 Å². The number of carbonyl (C=O) groups is 1. The minimum absolute atomic E-state index is 0. The highest BCUT2D eigenvalue weighted by Gasteiger charge is 2.25.